The molecule has 1 aliphatic rings. The zero-order valence-electron chi connectivity index (χ0n) is 7.89. The third-order valence-corrected chi connectivity index (χ3v) is 3.04. The van der Waals surface area contributed by atoms with Gasteiger partial charge in [0, 0.05) is 0 Å². The summed E-state index contributed by atoms with van der Waals surface area (Å²) in [5.41, 5.74) is 6.54. The summed E-state index contributed by atoms with van der Waals surface area (Å²) in [4.78, 5) is 11.2. The monoisotopic (exact) mass is 167 g/mol. The lowest BCUT2D eigenvalue weighted by Crippen LogP contribution is -2.37. The predicted octanol–water partition coefficient (Wildman–Crippen LogP) is 2.00. The van der Waals surface area contributed by atoms with E-state index in [4.69, 9.17) is 5.73 Å². The van der Waals surface area contributed by atoms with Gasteiger partial charge in [-0.15, -0.1) is 0 Å². The molecule has 0 aromatic rings. The van der Waals surface area contributed by atoms with Gasteiger partial charge in [-0.2, -0.15) is 0 Å². The first-order valence-corrected chi connectivity index (χ1v) is 4.56. The van der Waals surface area contributed by atoms with Crippen LogP contribution in [0.2, 0.25) is 0 Å². The van der Waals surface area contributed by atoms with Gasteiger partial charge in [0.1, 0.15) is 0 Å². The molecule has 1 rings (SSSR count). The molecular formula is C10H17NO. The van der Waals surface area contributed by atoms with E-state index >= 15 is 0 Å². The average molecular weight is 167 g/mol. The summed E-state index contributed by atoms with van der Waals surface area (Å²) in [5.74, 6) is -0.131. The van der Waals surface area contributed by atoms with Crippen molar-refractivity contribution in [3.8, 4) is 0 Å². The second kappa shape index (κ2) is 3.30. The van der Waals surface area contributed by atoms with E-state index < -0.39 is 0 Å². The van der Waals surface area contributed by atoms with Crippen molar-refractivity contribution in [2.45, 2.75) is 39.5 Å². The maximum Gasteiger partial charge on any atom is 0.223 e. The highest BCUT2D eigenvalue weighted by atomic mass is 16.1. The first-order valence-electron chi connectivity index (χ1n) is 4.56. The maximum absolute atomic E-state index is 11.2. The fourth-order valence-corrected chi connectivity index (χ4v) is 1.73. The molecule has 0 aromatic heterocycles. The minimum absolute atomic E-state index is 0.131. The van der Waals surface area contributed by atoms with Crippen molar-refractivity contribution in [2.24, 2.45) is 11.1 Å². The van der Waals surface area contributed by atoms with Crippen LogP contribution in [-0.4, -0.2) is 5.91 Å². The van der Waals surface area contributed by atoms with Crippen molar-refractivity contribution in [2.75, 3.05) is 0 Å². The van der Waals surface area contributed by atoms with Gasteiger partial charge in [0.15, 0.2) is 0 Å². The molecule has 2 nitrogen and oxygen atoms in total. The molecule has 1 amide bonds. The lowest BCUT2D eigenvalue weighted by molar-refractivity contribution is -0.128. The summed E-state index contributed by atoms with van der Waals surface area (Å²) in [6.45, 7) is 4.15. The van der Waals surface area contributed by atoms with Gasteiger partial charge in [0.05, 0.1) is 5.41 Å². The van der Waals surface area contributed by atoms with E-state index in [1.54, 1.807) is 0 Å². The molecule has 12 heavy (non-hydrogen) atoms. The van der Waals surface area contributed by atoms with Crippen molar-refractivity contribution < 1.29 is 4.79 Å². The van der Waals surface area contributed by atoms with Crippen molar-refractivity contribution in [1.29, 1.82) is 0 Å². The summed E-state index contributed by atoms with van der Waals surface area (Å²) < 4.78 is 0. The largest absolute Gasteiger partial charge is 0.369 e. The highest BCUT2D eigenvalue weighted by molar-refractivity contribution is 5.81. The molecule has 0 bridgehead atoms. The van der Waals surface area contributed by atoms with Gasteiger partial charge in [0.2, 0.25) is 5.91 Å². The Balaban J connectivity index is 2.78. The van der Waals surface area contributed by atoms with Gasteiger partial charge in [0.25, 0.3) is 0 Å². The molecule has 0 heterocycles. The van der Waals surface area contributed by atoms with Gasteiger partial charge >= 0.3 is 0 Å². The molecule has 0 saturated carbocycles. The second-order valence-corrected chi connectivity index (χ2v) is 3.75. The number of hydrogen-bond donors (Lipinski definition) is 1. The molecule has 1 atom stereocenters. The number of carbonyl (C=O) groups excluding carboxylic acids is 1. The van der Waals surface area contributed by atoms with E-state index in [2.05, 4.69) is 13.0 Å². The Morgan fingerprint density at radius 1 is 1.75 bits per heavy atom. The summed E-state index contributed by atoms with van der Waals surface area (Å²) in [6, 6.07) is 0. The Labute approximate surface area is 73.8 Å². The van der Waals surface area contributed by atoms with Crippen LogP contribution < -0.4 is 5.73 Å². The Morgan fingerprint density at radius 3 is 2.75 bits per heavy atom. The predicted molar refractivity (Wildman–Crippen MR) is 49.5 cm³/mol. The second-order valence-electron chi connectivity index (χ2n) is 3.75. The number of nitrogens with two attached hydrogens (primary N) is 1. The molecule has 1 aliphatic carbocycles. The van der Waals surface area contributed by atoms with Gasteiger partial charge < -0.3 is 5.73 Å². The minimum Gasteiger partial charge on any atom is -0.369 e. The normalized spacial score (nSPS) is 29.7. The summed E-state index contributed by atoms with van der Waals surface area (Å²) >= 11 is 0. The Kier molecular flexibility index (Phi) is 2.55. The van der Waals surface area contributed by atoms with Crippen LogP contribution >= 0.6 is 0 Å². The smallest absolute Gasteiger partial charge is 0.223 e. The first-order chi connectivity index (χ1) is 5.60. The van der Waals surface area contributed by atoms with Gasteiger partial charge in [-0.25, -0.2) is 0 Å². The lowest BCUT2D eigenvalue weighted by Gasteiger charge is -2.31. The molecule has 1 unspecified atom stereocenters. The lowest BCUT2D eigenvalue weighted by atomic mass is 9.73. The number of amides is 1. The van der Waals surface area contributed by atoms with Gasteiger partial charge in [-0.1, -0.05) is 18.6 Å². The van der Waals surface area contributed by atoms with Crippen LogP contribution in [0.4, 0.5) is 0 Å². The van der Waals surface area contributed by atoms with Crippen LogP contribution in [0.25, 0.3) is 0 Å². The van der Waals surface area contributed by atoms with E-state index in [9.17, 15) is 4.79 Å². The quantitative estimate of drug-likeness (QED) is 0.628. The van der Waals surface area contributed by atoms with Crippen molar-refractivity contribution in [3.05, 3.63) is 11.6 Å². The van der Waals surface area contributed by atoms with Crippen LogP contribution in [0.15, 0.2) is 11.6 Å². The third-order valence-electron chi connectivity index (χ3n) is 3.04. The molecule has 2 heteroatoms. The standard InChI is InChI=1S/C10H17NO/c1-3-10(9(11)12)6-4-8(2)5-7-10/h4H,3,5-7H2,1-2H3,(H2,11,12). The zero-order valence-corrected chi connectivity index (χ0v) is 7.89. The van der Waals surface area contributed by atoms with Crippen LogP contribution in [0, 0.1) is 5.41 Å². The fourth-order valence-electron chi connectivity index (χ4n) is 1.73. The number of primary amides is 1. The average Bonchev–Trinajstić information content (AvgIpc) is 2.06. The molecule has 0 spiro atoms. The number of carbonyl (C=O) groups is 1. The van der Waals surface area contributed by atoms with Crippen LogP contribution in [0.5, 0.6) is 0 Å². The summed E-state index contributed by atoms with van der Waals surface area (Å²) in [7, 11) is 0. The first kappa shape index (κ1) is 9.30. The van der Waals surface area contributed by atoms with Crippen LogP contribution in [0.1, 0.15) is 39.5 Å². The van der Waals surface area contributed by atoms with E-state index in [1.165, 1.54) is 5.57 Å². The van der Waals surface area contributed by atoms with Crippen molar-refractivity contribution in [1.82, 2.24) is 0 Å². The Bertz CT molecular complexity index is 220. The molecule has 68 valence electrons. The number of hydrogen-bond acceptors (Lipinski definition) is 1. The maximum atomic E-state index is 11.2. The topological polar surface area (TPSA) is 43.1 Å². The SMILES string of the molecule is CCC1(C(N)=O)CC=C(C)CC1. The van der Waals surface area contributed by atoms with E-state index in [1.807, 2.05) is 6.92 Å². The third kappa shape index (κ3) is 1.52. The van der Waals surface area contributed by atoms with Crippen molar-refractivity contribution in [3.63, 3.8) is 0 Å². The minimum atomic E-state index is -0.237. The molecule has 2 N–H and O–H groups in total. The zero-order chi connectivity index (χ0) is 9.19. The highest BCUT2D eigenvalue weighted by Gasteiger charge is 2.34. The summed E-state index contributed by atoms with van der Waals surface area (Å²) in [6.07, 6.45) is 5.81. The molecular weight excluding hydrogens is 150 g/mol. The van der Waals surface area contributed by atoms with Crippen LogP contribution in [-0.2, 0) is 4.79 Å². The van der Waals surface area contributed by atoms with E-state index in [-0.39, 0.29) is 11.3 Å². The van der Waals surface area contributed by atoms with E-state index in [0.717, 1.165) is 25.7 Å². The highest BCUT2D eigenvalue weighted by Crippen LogP contribution is 2.37. The molecule has 0 radical (unpaired) electrons. The van der Waals surface area contributed by atoms with Gasteiger partial charge in [-0.05, 0) is 32.6 Å². The number of allylic oxidation sites excluding steroid dienone is 2. The summed E-state index contributed by atoms with van der Waals surface area (Å²) in [5, 5.41) is 0. The molecule has 0 aromatic carbocycles. The van der Waals surface area contributed by atoms with E-state index in [0.29, 0.717) is 0 Å². The number of rotatable bonds is 2. The van der Waals surface area contributed by atoms with Crippen molar-refractivity contribution >= 4 is 5.91 Å². The fraction of sp³-hybridized carbons (Fsp3) is 0.700. The molecule has 0 aliphatic heterocycles. The Hall–Kier alpha value is -0.790. The van der Waals surface area contributed by atoms with Gasteiger partial charge in [-0.3, -0.25) is 4.79 Å². The molecule has 0 fully saturated rings. The molecule has 0 saturated heterocycles. The van der Waals surface area contributed by atoms with Crippen LogP contribution in [0.3, 0.4) is 0 Å². The Morgan fingerprint density at radius 2 is 2.42 bits per heavy atom.